The van der Waals surface area contributed by atoms with Crippen molar-refractivity contribution in [2.24, 2.45) is 11.8 Å². The van der Waals surface area contributed by atoms with Crippen LogP contribution in [0.4, 0.5) is 0 Å². The van der Waals surface area contributed by atoms with E-state index in [0.29, 0.717) is 44.5 Å². The van der Waals surface area contributed by atoms with Crippen LogP contribution < -0.4 is 15.4 Å². The fraction of sp³-hybridized carbons (Fsp3) is 0.718. The molecule has 0 aromatic heterocycles. The summed E-state index contributed by atoms with van der Waals surface area (Å²) in [5.41, 5.74) is -0.894. The van der Waals surface area contributed by atoms with Crippen LogP contribution in [0, 0.1) is 23.2 Å². The number of fused-ring (bicyclic) bond motifs is 1. The van der Waals surface area contributed by atoms with Gasteiger partial charge in [0.1, 0.15) is 5.75 Å². The summed E-state index contributed by atoms with van der Waals surface area (Å²) in [7, 11) is 2.15. The molecule has 8 atom stereocenters. The first-order valence-electron chi connectivity index (χ1n) is 19.0. The fourth-order valence-corrected chi connectivity index (χ4v) is 10.1. The van der Waals surface area contributed by atoms with E-state index in [1.54, 1.807) is 4.90 Å². The van der Waals surface area contributed by atoms with E-state index in [2.05, 4.69) is 47.1 Å². The summed E-state index contributed by atoms with van der Waals surface area (Å²) >= 11 is 7.15. The molecule has 6 rings (SSSR count). The van der Waals surface area contributed by atoms with Crippen LogP contribution in [0.15, 0.2) is 36.9 Å². The molecule has 2 N–H and O–H groups in total. The predicted molar refractivity (Wildman–Crippen MR) is 194 cm³/mol. The standard InChI is InChI=1S/C39H57ClN6O4/c1-5-31-35(36(48)38(3)33(40)24-27-14-11-12-18-32(27)50-38)42-37(49-26-30-17-13-21-44(30)4)43-39(31,28-15-9-7-8-10-16-28)45-22-23-46(34(47)6-2)29(25-45)19-20-41/h6,11-12,14,18,28-31,33,35,37,42-43H,2,5,7-10,13,15-17,19,21-26H2,1,3-4H3/t29?,30?,31?,33?,35?,37?,38-,39?/m1/s1. The maximum Gasteiger partial charge on any atom is 0.246 e. The third kappa shape index (κ3) is 7.11. The van der Waals surface area contributed by atoms with Crippen LogP contribution in [0.5, 0.6) is 5.75 Å². The fourth-order valence-electron chi connectivity index (χ4n) is 9.75. The molecule has 0 bridgehead atoms. The van der Waals surface area contributed by atoms with E-state index in [1.165, 1.54) is 18.9 Å². The highest BCUT2D eigenvalue weighted by Crippen LogP contribution is 2.47. The maximum absolute atomic E-state index is 15.3. The zero-order valence-corrected chi connectivity index (χ0v) is 31.0. The lowest BCUT2D eigenvalue weighted by molar-refractivity contribution is -0.182. The third-order valence-corrected chi connectivity index (χ3v) is 13.1. The molecular weight excluding hydrogens is 652 g/mol. The number of para-hydroxylation sites is 1. The van der Waals surface area contributed by atoms with Crippen molar-refractivity contribution in [3.05, 3.63) is 42.5 Å². The van der Waals surface area contributed by atoms with Gasteiger partial charge in [0.15, 0.2) is 17.7 Å². The summed E-state index contributed by atoms with van der Waals surface area (Å²) in [6.07, 6.45) is 11.1. The van der Waals surface area contributed by atoms with Crippen molar-refractivity contribution in [3.8, 4) is 11.8 Å². The molecule has 0 radical (unpaired) electrons. The van der Waals surface area contributed by atoms with Gasteiger partial charge in [-0.25, -0.2) is 0 Å². The number of nitriles is 1. The topological polar surface area (TPSA) is 110 Å². The second-order valence-corrected chi connectivity index (χ2v) is 15.9. The minimum Gasteiger partial charge on any atom is -0.478 e. The number of nitrogens with one attached hydrogen (secondary N) is 2. The van der Waals surface area contributed by atoms with E-state index in [9.17, 15) is 10.1 Å². The molecule has 11 heteroatoms. The number of halogens is 1. The van der Waals surface area contributed by atoms with Gasteiger partial charge in [0.25, 0.3) is 0 Å². The molecule has 4 fully saturated rings. The molecule has 4 heterocycles. The number of ether oxygens (including phenoxy) is 2. The van der Waals surface area contributed by atoms with Gasteiger partial charge in [0.05, 0.1) is 42.2 Å². The number of likely N-dealkylation sites (N-methyl/N-ethyl adjacent to an activating group) is 1. The minimum atomic E-state index is -1.26. The lowest BCUT2D eigenvalue weighted by atomic mass is 9.67. The molecule has 3 saturated heterocycles. The highest BCUT2D eigenvalue weighted by atomic mass is 35.5. The number of Topliss-reactive ketones (excluding diaryl/α,β-unsaturated/α-hetero) is 1. The van der Waals surface area contributed by atoms with E-state index in [1.807, 2.05) is 31.2 Å². The van der Waals surface area contributed by atoms with Crippen LogP contribution in [0.1, 0.15) is 83.6 Å². The Morgan fingerprint density at radius 3 is 2.56 bits per heavy atom. The summed E-state index contributed by atoms with van der Waals surface area (Å²) in [6.45, 7) is 11.0. The Balaban J connectivity index is 1.42. The molecule has 50 heavy (non-hydrogen) atoms. The minimum absolute atomic E-state index is 0.0565. The van der Waals surface area contributed by atoms with Gasteiger partial charge in [-0.3, -0.25) is 25.1 Å². The van der Waals surface area contributed by atoms with Crippen LogP contribution in [0.3, 0.4) is 0 Å². The van der Waals surface area contributed by atoms with Gasteiger partial charge in [0.2, 0.25) is 5.91 Å². The predicted octanol–water partition coefficient (Wildman–Crippen LogP) is 4.82. The Morgan fingerprint density at radius 2 is 1.88 bits per heavy atom. The molecule has 274 valence electrons. The zero-order valence-electron chi connectivity index (χ0n) is 30.2. The summed E-state index contributed by atoms with van der Waals surface area (Å²) in [5.74, 6) is 0.558. The maximum atomic E-state index is 15.3. The van der Waals surface area contributed by atoms with Gasteiger partial charge < -0.3 is 19.3 Å². The van der Waals surface area contributed by atoms with Gasteiger partial charge in [-0.05, 0) is 82.7 Å². The molecule has 0 spiro atoms. The zero-order chi connectivity index (χ0) is 35.5. The summed E-state index contributed by atoms with van der Waals surface area (Å²) in [5, 5.41) is 17.1. The smallest absolute Gasteiger partial charge is 0.246 e. The molecule has 1 aromatic carbocycles. The number of hydrogen-bond donors (Lipinski definition) is 2. The number of benzene rings is 1. The first kappa shape index (κ1) is 37.2. The van der Waals surface area contributed by atoms with Gasteiger partial charge >= 0.3 is 0 Å². The van der Waals surface area contributed by atoms with Crippen molar-refractivity contribution < 1.29 is 19.1 Å². The second kappa shape index (κ2) is 16.0. The molecule has 1 aliphatic carbocycles. The lowest BCUT2D eigenvalue weighted by Crippen LogP contribution is -2.82. The number of nitrogens with zero attached hydrogens (tertiary/aromatic N) is 4. The Kier molecular flexibility index (Phi) is 11.9. The van der Waals surface area contributed by atoms with E-state index in [-0.39, 0.29) is 36.0 Å². The molecule has 1 amide bonds. The van der Waals surface area contributed by atoms with Crippen LogP contribution in [0.25, 0.3) is 0 Å². The van der Waals surface area contributed by atoms with Crippen molar-refractivity contribution in [1.82, 2.24) is 25.3 Å². The molecule has 7 unspecified atom stereocenters. The summed E-state index contributed by atoms with van der Waals surface area (Å²) < 4.78 is 13.4. The molecular formula is C39H57ClN6O4. The monoisotopic (exact) mass is 708 g/mol. The summed E-state index contributed by atoms with van der Waals surface area (Å²) in [4.78, 5) is 34.9. The van der Waals surface area contributed by atoms with Crippen molar-refractivity contribution in [3.63, 3.8) is 0 Å². The number of alkyl halides is 1. The number of carbonyl (C=O) groups excluding carboxylic acids is 2. The Hall–Kier alpha value is -2.52. The Labute approximate surface area is 303 Å². The van der Waals surface area contributed by atoms with Crippen LogP contribution in [0.2, 0.25) is 0 Å². The SMILES string of the molecule is C=CC(=O)N1CCN(C2(C3CCCCCC3)NC(OCC3CCCN3C)NC(C(=O)[C@]3(C)Oc4ccccc4CC3Cl)C2CC)CC1CC#N. The largest absolute Gasteiger partial charge is 0.478 e. The number of likely N-dealkylation sites (tertiary alicyclic amines) is 1. The van der Waals surface area contributed by atoms with Gasteiger partial charge in [-0.15, -0.1) is 11.6 Å². The van der Waals surface area contributed by atoms with Gasteiger partial charge in [-0.2, -0.15) is 5.26 Å². The van der Waals surface area contributed by atoms with E-state index in [4.69, 9.17) is 21.1 Å². The number of hydrogen-bond acceptors (Lipinski definition) is 9. The quantitative estimate of drug-likeness (QED) is 0.201. The highest BCUT2D eigenvalue weighted by molar-refractivity contribution is 6.24. The first-order chi connectivity index (χ1) is 24.2. The number of carbonyl (C=O) groups is 2. The van der Waals surface area contributed by atoms with Crippen LogP contribution in [-0.4, -0.2) is 107 Å². The number of amides is 1. The van der Waals surface area contributed by atoms with Crippen molar-refractivity contribution in [2.75, 3.05) is 39.8 Å². The molecule has 10 nitrogen and oxygen atoms in total. The molecule has 1 saturated carbocycles. The van der Waals surface area contributed by atoms with Gasteiger partial charge in [-0.1, -0.05) is 57.4 Å². The highest BCUT2D eigenvalue weighted by Gasteiger charge is 2.61. The van der Waals surface area contributed by atoms with Gasteiger partial charge in [0, 0.05) is 31.6 Å². The Morgan fingerprint density at radius 1 is 1.12 bits per heavy atom. The Bertz CT molecular complexity index is 1410. The van der Waals surface area contributed by atoms with E-state index in [0.717, 1.165) is 57.1 Å². The molecule has 4 aliphatic heterocycles. The molecule has 5 aliphatic rings. The first-order valence-corrected chi connectivity index (χ1v) is 19.5. The number of piperazine rings is 1. The van der Waals surface area contributed by atoms with E-state index >= 15 is 4.79 Å². The van der Waals surface area contributed by atoms with Crippen LogP contribution in [-0.2, 0) is 20.7 Å². The average Bonchev–Trinajstić information content (AvgIpc) is 3.34. The average molecular weight is 709 g/mol. The third-order valence-electron chi connectivity index (χ3n) is 12.6. The molecule has 1 aromatic rings. The lowest BCUT2D eigenvalue weighted by Gasteiger charge is -2.62. The van der Waals surface area contributed by atoms with Crippen molar-refractivity contribution in [1.29, 1.82) is 5.26 Å². The number of ketones is 1. The number of rotatable bonds is 10. The second-order valence-electron chi connectivity index (χ2n) is 15.4. The van der Waals surface area contributed by atoms with Crippen molar-refractivity contribution >= 4 is 23.3 Å². The van der Waals surface area contributed by atoms with Crippen molar-refractivity contribution in [2.45, 2.75) is 126 Å². The summed E-state index contributed by atoms with van der Waals surface area (Å²) in [6, 6.07) is 9.60. The van der Waals surface area contributed by atoms with E-state index < -0.39 is 29.0 Å². The normalized spacial score (nSPS) is 35.8. The van der Waals surface area contributed by atoms with Crippen LogP contribution >= 0.6 is 11.6 Å².